The number of amides is 1. The molecule has 5 heteroatoms. The molecule has 34 heavy (non-hydrogen) atoms. The van der Waals surface area contributed by atoms with Crippen molar-refractivity contribution in [2.75, 3.05) is 24.5 Å². The normalized spacial score (nSPS) is 17.1. The summed E-state index contributed by atoms with van der Waals surface area (Å²) in [5.41, 5.74) is 6.27. The Morgan fingerprint density at radius 2 is 1.94 bits per heavy atom. The number of fused-ring (bicyclic) bond motifs is 1. The zero-order valence-corrected chi connectivity index (χ0v) is 20.3. The van der Waals surface area contributed by atoms with Crippen LogP contribution in [0.15, 0.2) is 60.2 Å². The summed E-state index contributed by atoms with van der Waals surface area (Å²) in [6, 6.07) is 17.1. The maximum absolute atomic E-state index is 12.8. The molecular formula is C29H36N4O. The van der Waals surface area contributed by atoms with E-state index in [1.807, 2.05) is 0 Å². The van der Waals surface area contributed by atoms with Gasteiger partial charge in [0, 0.05) is 25.6 Å². The molecule has 1 amide bonds. The molecule has 1 N–H and O–H groups in total. The van der Waals surface area contributed by atoms with Gasteiger partial charge in [-0.25, -0.2) is 4.98 Å². The number of anilines is 1. The highest BCUT2D eigenvalue weighted by atomic mass is 16.1. The van der Waals surface area contributed by atoms with E-state index < -0.39 is 0 Å². The third-order valence-electron chi connectivity index (χ3n) is 7.34. The molecule has 0 saturated carbocycles. The number of nitrogens with zero attached hydrogens (tertiary/aromatic N) is 3. The number of carbonyl (C=O) groups excluding carboxylic acids is 1. The highest BCUT2D eigenvalue weighted by molar-refractivity contribution is 5.80. The van der Waals surface area contributed by atoms with E-state index in [1.54, 1.807) is 0 Å². The number of allylic oxidation sites excluding steroid dienone is 1. The summed E-state index contributed by atoms with van der Waals surface area (Å²) in [5.74, 6) is 1.35. The Labute approximate surface area is 202 Å². The number of aromatic nitrogens is 2. The molecule has 0 atom stereocenters. The molecule has 1 saturated heterocycles. The number of piperidine rings is 1. The van der Waals surface area contributed by atoms with Gasteiger partial charge in [-0.3, -0.25) is 4.79 Å². The Balaban J connectivity index is 1.23. The van der Waals surface area contributed by atoms with Crippen molar-refractivity contribution in [1.82, 2.24) is 14.9 Å². The zero-order valence-electron chi connectivity index (χ0n) is 20.3. The molecule has 1 aliphatic heterocycles. The third kappa shape index (κ3) is 5.19. The highest BCUT2D eigenvalue weighted by Crippen LogP contribution is 2.28. The van der Waals surface area contributed by atoms with Gasteiger partial charge in [-0.05, 0) is 69.6 Å². The zero-order chi connectivity index (χ0) is 23.3. The van der Waals surface area contributed by atoms with E-state index in [0.29, 0.717) is 0 Å². The number of imidazole rings is 1. The number of nitrogens with one attached hydrogen (secondary N) is 1. The molecule has 1 aliphatic carbocycles. The van der Waals surface area contributed by atoms with Gasteiger partial charge in [0.25, 0.3) is 0 Å². The van der Waals surface area contributed by atoms with E-state index in [2.05, 4.69) is 76.3 Å². The van der Waals surface area contributed by atoms with Crippen molar-refractivity contribution in [3.8, 4) is 0 Å². The Morgan fingerprint density at radius 3 is 2.74 bits per heavy atom. The van der Waals surface area contributed by atoms with Gasteiger partial charge in [0.2, 0.25) is 11.9 Å². The van der Waals surface area contributed by atoms with Gasteiger partial charge in [0.05, 0.1) is 17.6 Å². The van der Waals surface area contributed by atoms with Crippen molar-refractivity contribution >= 4 is 22.9 Å². The second-order valence-corrected chi connectivity index (χ2v) is 9.89. The van der Waals surface area contributed by atoms with Gasteiger partial charge >= 0.3 is 0 Å². The van der Waals surface area contributed by atoms with E-state index in [-0.39, 0.29) is 11.8 Å². The summed E-state index contributed by atoms with van der Waals surface area (Å²) >= 11 is 0. The maximum Gasteiger partial charge on any atom is 0.223 e. The first-order chi connectivity index (χ1) is 16.7. The number of rotatable bonds is 7. The largest absolute Gasteiger partial charge is 0.356 e. The molecule has 0 bridgehead atoms. The maximum atomic E-state index is 12.8. The van der Waals surface area contributed by atoms with Crippen LogP contribution >= 0.6 is 0 Å². The van der Waals surface area contributed by atoms with Crippen LogP contribution < -0.4 is 10.2 Å². The Kier molecular flexibility index (Phi) is 6.98. The minimum Gasteiger partial charge on any atom is -0.356 e. The van der Waals surface area contributed by atoms with Gasteiger partial charge in [-0.2, -0.15) is 0 Å². The molecule has 5 rings (SSSR count). The molecule has 2 aliphatic rings. The number of benzene rings is 2. The first-order valence-corrected chi connectivity index (χ1v) is 12.9. The Morgan fingerprint density at radius 1 is 1.09 bits per heavy atom. The van der Waals surface area contributed by atoms with Gasteiger partial charge in [0.1, 0.15) is 0 Å². The van der Waals surface area contributed by atoms with Crippen LogP contribution in [0.2, 0.25) is 0 Å². The number of hydrogen-bond acceptors (Lipinski definition) is 3. The monoisotopic (exact) mass is 456 g/mol. The number of carbonyl (C=O) groups is 1. The minimum absolute atomic E-state index is 0.103. The second kappa shape index (κ2) is 10.5. The lowest BCUT2D eigenvalue weighted by atomic mass is 9.95. The second-order valence-electron chi connectivity index (χ2n) is 9.89. The van der Waals surface area contributed by atoms with Crippen LogP contribution in [0.5, 0.6) is 0 Å². The van der Waals surface area contributed by atoms with E-state index in [0.717, 1.165) is 62.4 Å². The molecule has 3 aromatic rings. The fourth-order valence-corrected chi connectivity index (χ4v) is 5.42. The van der Waals surface area contributed by atoms with Crippen LogP contribution in [0.3, 0.4) is 0 Å². The van der Waals surface area contributed by atoms with Crippen molar-refractivity contribution < 1.29 is 4.79 Å². The molecule has 178 valence electrons. The van der Waals surface area contributed by atoms with Crippen molar-refractivity contribution in [3.63, 3.8) is 0 Å². The summed E-state index contributed by atoms with van der Waals surface area (Å²) in [4.78, 5) is 20.2. The molecule has 0 spiro atoms. The Hall–Kier alpha value is -3.08. The molecule has 1 fully saturated rings. The standard InChI is InChI=1S/C29H36N4O/c1-22-8-7-11-24(20-22)21-33-27-13-6-5-12-26(27)31-29(33)32-18-15-25(16-19-32)28(34)30-17-14-23-9-3-2-4-10-23/h5-9,11-13,20,25H,2-4,10,14-19,21H2,1H3,(H,30,34). The van der Waals surface area contributed by atoms with Crippen LogP contribution in [0.4, 0.5) is 5.95 Å². The lowest BCUT2D eigenvalue weighted by Gasteiger charge is -2.32. The first-order valence-electron chi connectivity index (χ1n) is 12.9. The lowest BCUT2D eigenvalue weighted by Crippen LogP contribution is -2.41. The first kappa shape index (κ1) is 22.7. The molecule has 0 unspecified atom stereocenters. The summed E-state index contributed by atoms with van der Waals surface area (Å²) in [6.45, 7) is 5.43. The van der Waals surface area contributed by atoms with E-state index >= 15 is 0 Å². The van der Waals surface area contributed by atoms with Gasteiger partial charge in [-0.1, -0.05) is 53.6 Å². The summed E-state index contributed by atoms with van der Waals surface area (Å²) < 4.78 is 2.34. The average molecular weight is 457 g/mol. The predicted octanol–water partition coefficient (Wildman–Crippen LogP) is 5.62. The van der Waals surface area contributed by atoms with Gasteiger partial charge < -0.3 is 14.8 Å². The van der Waals surface area contributed by atoms with E-state index in [9.17, 15) is 4.79 Å². The molecule has 1 aromatic heterocycles. The number of aryl methyl sites for hydroxylation is 1. The van der Waals surface area contributed by atoms with E-state index in [4.69, 9.17) is 4.98 Å². The molecule has 5 nitrogen and oxygen atoms in total. The SMILES string of the molecule is Cc1cccc(Cn2c(N3CCC(C(=O)NCCC4=CCCCC4)CC3)nc3ccccc32)c1. The highest BCUT2D eigenvalue weighted by Gasteiger charge is 2.27. The summed E-state index contributed by atoms with van der Waals surface area (Å²) in [7, 11) is 0. The van der Waals surface area contributed by atoms with Crippen LogP contribution in [0.25, 0.3) is 11.0 Å². The summed E-state index contributed by atoms with van der Waals surface area (Å²) in [6.07, 6.45) is 10.2. The van der Waals surface area contributed by atoms with Crippen molar-refractivity contribution in [3.05, 3.63) is 71.3 Å². The fourth-order valence-electron chi connectivity index (χ4n) is 5.42. The topological polar surface area (TPSA) is 50.2 Å². The lowest BCUT2D eigenvalue weighted by molar-refractivity contribution is -0.125. The quantitative estimate of drug-likeness (QED) is 0.470. The van der Waals surface area contributed by atoms with Gasteiger partial charge in [0.15, 0.2) is 0 Å². The van der Waals surface area contributed by atoms with Crippen molar-refractivity contribution in [2.45, 2.75) is 58.4 Å². The molecular weight excluding hydrogens is 420 g/mol. The van der Waals surface area contributed by atoms with E-state index in [1.165, 1.54) is 42.4 Å². The van der Waals surface area contributed by atoms with Crippen molar-refractivity contribution in [2.24, 2.45) is 5.92 Å². The number of para-hydroxylation sites is 2. The molecule has 2 aromatic carbocycles. The third-order valence-corrected chi connectivity index (χ3v) is 7.34. The van der Waals surface area contributed by atoms with Crippen molar-refractivity contribution in [1.29, 1.82) is 0 Å². The number of hydrogen-bond donors (Lipinski definition) is 1. The van der Waals surface area contributed by atoms with Gasteiger partial charge in [-0.15, -0.1) is 0 Å². The fraction of sp³-hybridized carbons (Fsp3) is 0.448. The van der Waals surface area contributed by atoms with Crippen LogP contribution in [0, 0.1) is 12.8 Å². The average Bonchev–Trinajstić information content (AvgIpc) is 3.23. The van der Waals surface area contributed by atoms with Crippen LogP contribution in [0.1, 0.15) is 56.1 Å². The molecule has 0 radical (unpaired) electrons. The molecule has 2 heterocycles. The summed E-state index contributed by atoms with van der Waals surface area (Å²) in [5, 5.41) is 3.21. The van der Waals surface area contributed by atoms with Crippen LogP contribution in [-0.2, 0) is 11.3 Å². The predicted molar refractivity (Wildman–Crippen MR) is 139 cm³/mol. The Bertz CT molecular complexity index is 1170. The smallest absolute Gasteiger partial charge is 0.223 e. The minimum atomic E-state index is 0.103. The van der Waals surface area contributed by atoms with Crippen LogP contribution in [-0.4, -0.2) is 35.1 Å².